The summed E-state index contributed by atoms with van der Waals surface area (Å²) in [6, 6.07) is 10.8. The first kappa shape index (κ1) is 18.7. The summed E-state index contributed by atoms with van der Waals surface area (Å²) in [6.07, 6.45) is 1.12. The molecule has 5 nitrogen and oxygen atoms in total. The van der Waals surface area contributed by atoms with Crippen molar-refractivity contribution < 1.29 is 17.6 Å². The van der Waals surface area contributed by atoms with Gasteiger partial charge in [-0.1, -0.05) is 23.7 Å². The molecule has 0 atom stereocenters. The van der Waals surface area contributed by atoms with Crippen molar-refractivity contribution >= 4 is 38.9 Å². The van der Waals surface area contributed by atoms with Crippen molar-refractivity contribution in [2.45, 2.75) is 19.3 Å². The number of aryl methyl sites for hydroxylation is 1. The van der Waals surface area contributed by atoms with Crippen molar-refractivity contribution in [3.8, 4) is 0 Å². The van der Waals surface area contributed by atoms with Crippen LogP contribution in [0.2, 0.25) is 5.02 Å². The molecule has 8 heteroatoms. The molecule has 1 N–H and O–H groups in total. The van der Waals surface area contributed by atoms with Gasteiger partial charge in [-0.3, -0.25) is 9.10 Å². The topological polar surface area (TPSA) is 66.5 Å². The van der Waals surface area contributed by atoms with E-state index in [2.05, 4.69) is 5.32 Å². The predicted octanol–water partition coefficient (Wildman–Crippen LogP) is 3.59. The number of halogens is 2. The molecule has 1 aliphatic rings. The Morgan fingerprint density at radius 3 is 2.73 bits per heavy atom. The van der Waals surface area contributed by atoms with E-state index in [0.29, 0.717) is 35.8 Å². The third kappa shape index (κ3) is 4.34. The molecule has 2 aromatic rings. The fraction of sp³-hybridized carbons (Fsp3) is 0.278. The number of anilines is 2. The average Bonchev–Trinajstić information content (AvgIpc) is 2.94. The predicted molar refractivity (Wildman–Crippen MR) is 101 cm³/mol. The van der Waals surface area contributed by atoms with Gasteiger partial charge in [0, 0.05) is 13.0 Å². The number of nitrogens with one attached hydrogen (secondary N) is 1. The second-order valence-electron chi connectivity index (χ2n) is 6.08. The van der Waals surface area contributed by atoms with Crippen molar-refractivity contribution in [2.75, 3.05) is 21.9 Å². The van der Waals surface area contributed by atoms with Gasteiger partial charge in [0.1, 0.15) is 5.82 Å². The Labute approximate surface area is 156 Å². The summed E-state index contributed by atoms with van der Waals surface area (Å²) in [5.41, 5.74) is 1.56. The van der Waals surface area contributed by atoms with Crippen LogP contribution in [0.4, 0.5) is 15.8 Å². The molecule has 0 aliphatic carbocycles. The average molecular weight is 397 g/mol. The minimum atomic E-state index is -3.31. The van der Waals surface area contributed by atoms with Crippen molar-refractivity contribution in [1.29, 1.82) is 0 Å². The number of sulfonamides is 1. The van der Waals surface area contributed by atoms with Crippen molar-refractivity contribution in [1.82, 2.24) is 0 Å². The molecule has 2 aromatic carbocycles. The number of carbonyl (C=O) groups is 1. The lowest BCUT2D eigenvalue weighted by Gasteiger charge is -2.18. The first-order valence-electron chi connectivity index (χ1n) is 8.19. The number of hydrogen-bond donors (Lipinski definition) is 1. The fourth-order valence-corrected chi connectivity index (χ4v) is 4.58. The highest BCUT2D eigenvalue weighted by Gasteiger charge is 2.28. The molecule has 26 heavy (non-hydrogen) atoms. The van der Waals surface area contributed by atoms with E-state index in [9.17, 15) is 17.6 Å². The lowest BCUT2D eigenvalue weighted by atomic mass is 10.1. The maximum Gasteiger partial charge on any atom is 0.235 e. The third-order valence-electron chi connectivity index (χ3n) is 4.14. The molecule has 0 radical (unpaired) electrons. The number of hydrogen-bond acceptors (Lipinski definition) is 3. The van der Waals surface area contributed by atoms with Gasteiger partial charge in [-0.2, -0.15) is 0 Å². The standard InChI is InChI=1S/C18H18ClFN2O3S/c19-16-7-6-15(22-9-2-10-26(22,24)25)12-17(16)21-18(23)8-5-13-3-1-4-14(20)11-13/h1,3-4,6-7,11-12H,2,5,8-10H2,(H,21,23). The van der Waals surface area contributed by atoms with Crippen LogP contribution in [0, 0.1) is 5.82 Å². The number of nitrogens with zero attached hydrogens (tertiary/aromatic N) is 1. The summed E-state index contributed by atoms with van der Waals surface area (Å²) in [6.45, 7) is 0.414. The van der Waals surface area contributed by atoms with E-state index in [1.165, 1.54) is 16.4 Å². The Kier molecular flexibility index (Phi) is 5.48. The Bertz CT molecular complexity index is 934. The van der Waals surface area contributed by atoms with Gasteiger partial charge in [-0.25, -0.2) is 12.8 Å². The highest BCUT2D eigenvalue weighted by atomic mass is 35.5. The molecule has 0 spiro atoms. The molecular weight excluding hydrogens is 379 g/mol. The molecule has 138 valence electrons. The lowest BCUT2D eigenvalue weighted by molar-refractivity contribution is -0.116. The summed E-state index contributed by atoms with van der Waals surface area (Å²) in [7, 11) is -3.31. The van der Waals surface area contributed by atoms with Crippen LogP contribution in [0.15, 0.2) is 42.5 Å². The second-order valence-corrected chi connectivity index (χ2v) is 8.50. The van der Waals surface area contributed by atoms with E-state index >= 15 is 0 Å². The largest absolute Gasteiger partial charge is 0.325 e. The van der Waals surface area contributed by atoms with Gasteiger partial charge in [0.25, 0.3) is 0 Å². The minimum absolute atomic E-state index is 0.116. The molecule has 0 aromatic heterocycles. The first-order valence-corrected chi connectivity index (χ1v) is 10.2. The van der Waals surface area contributed by atoms with Gasteiger partial charge in [0.05, 0.1) is 22.2 Å². The third-order valence-corrected chi connectivity index (χ3v) is 6.34. The van der Waals surface area contributed by atoms with E-state index in [0.717, 1.165) is 5.56 Å². The smallest absolute Gasteiger partial charge is 0.235 e. The molecule has 1 saturated heterocycles. The first-order chi connectivity index (χ1) is 12.3. The fourth-order valence-electron chi connectivity index (χ4n) is 2.86. The zero-order valence-electron chi connectivity index (χ0n) is 13.9. The van der Waals surface area contributed by atoms with Gasteiger partial charge in [-0.15, -0.1) is 0 Å². The maximum absolute atomic E-state index is 13.2. The Morgan fingerprint density at radius 1 is 1.23 bits per heavy atom. The Hall–Kier alpha value is -2.12. The van der Waals surface area contributed by atoms with Crippen LogP contribution in [-0.2, 0) is 21.2 Å². The van der Waals surface area contributed by atoms with Gasteiger partial charge < -0.3 is 5.32 Å². The number of rotatable bonds is 5. The van der Waals surface area contributed by atoms with Crippen LogP contribution in [0.1, 0.15) is 18.4 Å². The molecule has 1 fully saturated rings. The zero-order valence-corrected chi connectivity index (χ0v) is 15.5. The summed E-state index contributed by atoms with van der Waals surface area (Å²) < 4.78 is 38.6. The summed E-state index contributed by atoms with van der Waals surface area (Å²) >= 11 is 6.12. The van der Waals surface area contributed by atoms with Crippen LogP contribution in [0.5, 0.6) is 0 Å². The monoisotopic (exact) mass is 396 g/mol. The molecule has 1 amide bonds. The van der Waals surface area contributed by atoms with Crippen molar-refractivity contribution in [2.24, 2.45) is 0 Å². The van der Waals surface area contributed by atoms with Crippen LogP contribution in [0.25, 0.3) is 0 Å². The van der Waals surface area contributed by atoms with Crippen LogP contribution in [0.3, 0.4) is 0 Å². The van der Waals surface area contributed by atoms with E-state index in [-0.39, 0.29) is 23.9 Å². The van der Waals surface area contributed by atoms with E-state index in [4.69, 9.17) is 11.6 Å². The second kappa shape index (κ2) is 7.63. The molecule has 0 bridgehead atoms. The molecular formula is C18H18ClFN2O3S. The van der Waals surface area contributed by atoms with Crippen LogP contribution >= 0.6 is 11.6 Å². The Morgan fingerprint density at radius 2 is 2.04 bits per heavy atom. The quantitative estimate of drug-likeness (QED) is 0.839. The highest BCUT2D eigenvalue weighted by Crippen LogP contribution is 2.31. The number of benzene rings is 2. The van der Waals surface area contributed by atoms with Crippen LogP contribution in [-0.4, -0.2) is 26.6 Å². The van der Waals surface area contributed by atoms with Gasteiger partial charge in [0.2, 0.25) is 15.9 Å². The van der Waals surface area contributed by atoms with Gasteiger partial charge in [-0.05, 0) is 48.7 Å². The minimum Gasteiger partial charge on any atom is -0.325 e. The molecule has 0 unspecified atom stereocenters. The van der Waals surface area contributed by atoms with Gasteiger partial charge in [0.15, 0.2) is 0 Å². The lowest BCUT2D eigenvalue weighted by Crippen LogP contribution is -2.25. The SMILES string of the molecule is O=C(CCc1cccc(F)c1)Nc1cc(N2CCCS2(=O)=O)ccc1Cl. The van der Waals surface area contributed by atoms with Crippen molar-refractivity contribution in [3.63, 3.8) is 0 Å². The van der Waals surface area contributed by atoms with Crippen LogP contribution < -0.4 is 9.62 Å². The molecule has 0 saturated carbocycles. The summed E-state index contributed by atoms with van der Waals surface area (Å²) in [5, 5.41) is 3.02. The van der Waals surface area contributed by atoms with Gasteiger partial charge >= 0.3 is 0 Å². The van der Waals surface area contributed by atoms with E-state index < -0.39 is 10.0 Å². The summed E-state index contributed by atoms with van der Waals surface area (Å²) in [5.74, 6) is -0.506. The van der Waals surface area contributed by atoms with Crippen molar-refractivity contribution in [3.05, 3.63) is 58.9 Å². The van der Waals surface area contributed by atoms with E-state index in [1.54, 1.807) is 30.3 Å². The molecule has 3 rings (SSSR count). The van der Waals surface area contributed by atoms with E-state index in [1.807, 2.05) is 0 Å². The number of amides is 1. The highest BCUT2D eigenvalue weighted by molar-refractivity contribution is 7.93. The number of carbonyl (C=O) groups excluding carboxylic acids is 1. The Balaban J connectivity index is 1.69. The molecule has 1 aliphatic heterocycles. The zero-order chi connectivity index (χ0) is 18.7. The molecule has 1 heterocycles. The maximum atomic E-state index is 13.2. The normalized spacial score (nSPS) is 15.8. The summed E-state index contributed by atoms with van der Waals surface area (Å²) in [4.78, 5) is 12.2.